The summed E-state index contributed by atoms with van der Waals surface area (Å²) < 4.78 is 5.24. The van der Waals surface area contributed by atoms with Crippen molar-refractivity contribution in [2.45, 2.75) is 6.92 Å². The predicted octanol–water partition coefficient (Wildman–Crippen LogP) is 5.04. The van der Waals surface area contributed by atoms with Gasteiger partial charge >= 0.3 is 0 Å². The number of halogens is 2. The second-order valence-electron chi connectivity index (χ2n) is 5.11. The van der Waals surface area contributed by atoms with Crippen molar-refractivity contribution in [1.29, 1.82) is 0 Å². The van der Waals surface area contributed by atoms with E-state index in [0.29, 0.717) is 27.2 Å². The lowest BCUT2D eigenvalue weighted by Gasteiger charge is -2.10. The fourth-order valence-electron chi connectivity index (χ4n) is 2.49. The number of hydrogen-bond donors (Lipinski definition) is 2. The third-order valence-corrected chi connectivity index (χ3v) is 4.13. The van der Waals surface area contributed by atoms with Crippen LogP contribution in [0.15, 0.2) is 36.4 Å². The summed E-state index contributed by atoms with van der Waals surface area (Å²) in [6.07, 6.45) is 0. The van der Waals surface area contributed by atoms with Gasteiger partial charge in [-0.1, -0.05) is 23.2 Å². The molecule has 118 valence electrons. The molecule has 0 aliphatic carbocycles. The number of aromatic nitrogens is 1. The van der Waals surface area contributed by atoms with Crippen LogP contribution < -0.4 is 10.1 Å². The van der Waals surface area contributed by atoms with Crippen molar-refractivity contribution in [3.63, 3.8) is 0 Å². The van der Waals surface area contributed by atoms with Crippen LogP contribution >= 0.6 is 23.2 Å². The van der Waals surface area contributed by atoms with Crippen LogP contribution in [0, 0.1) is 6.92 Å². The molecule has 23 heavy (non-hydrogen) atoms. The highest BCUT2D eigenvalue weighted by atomic mass is 35.5. The zero-order valence-corrected chi connectivity index (χ0v) is 14.0. The molecule has 1 heterocycles. The predicted molar refractivity (Wildman–Crippen MR) is 94.0 cm³/mol. The molecule has 0 bridgehead atoms. The number of H-pyrrole nitrogens is 1. The number of carbonyl (C=O) groups is 1. The zero-order valence-electron chi connectivity index (χ0n) is 12.5. The Morgan fingerprint density at radius 2 is 1.83 bits per heavy atom. The number of carbonyl (C=O) groups excluding carboxylic acids is 1. The maximum atomic E-state index is 12.6. The molecule has 1 aromatic heterocycles. The van der Waals surface area contributed by atoms with E-state index in [4.69, 9.17) is 27.9 Å². The third kappa shape index (κ3) is 3.00. The summed E-state index contributed by atoms with van der Waals surface area (Å²) in [5, 5.41) is 4.88. The maximum Gasteiger partial charge on any atom is 0.272 e. The van der Waals surface area contributed by atoms with Crippen molar-refractivity contribution in [3.8, 4) is 5.75 Å². The number of amides is 1. The quantitative estimate of drug-likeness (QED) is 0.696. The van der Waals surface area contributed by atoms with Gasteiger partial charge in [0.15, 0.2) is 0 Å². The molecular formula is C17H14Cl2N2O2. The first-order valence-corrected chi connectivity index (χ1v) is 7.68. The Hall–Kier alpha value is -2.17. The van der Waals surface area contributed by atoms with Crippen LogP contribution in [0.4, 0.5) is 5.69 Å². The molecule has 0 radical (unpaired) electrons. The molecule has 1 amide bonds. The number of aryl methyl sites for hydroxylation is 1. The third-order valence-electron chi connectivity index (χ3n) is 3.66. The normalized spacial score (nSPS) is 10.8. The fraction of sp³-hybridized carbons (Fsp3) is 0.118. The second-order valence-corrected chi connectivity index (χ2v) is 5.99. The minimum absolute atomic E-state index is 0.268. The molecular weight excluding hydrogens is 335 g/mol. The number of anilines is 1. The van der Waals surface area contributed by atoms with Gasteiger partial charge in [-0.3, -0.25) is 4.79 Å². The van der Waals surface area contributed by atoms with Gasteiger partial charge in [0.25, 0.3) is 5.91 Å². The second kappa shape index (κ2) is 6.14. The van der Waals surface area contributed by atoms with E-state index in [1.54, 1.807) is 24.3 Å². The SMILES string of the molecule is COc1ccc(Cl)cc1NC(=O)c1[nH]c2ccc(Cl)cc2c1C. The minimum Gasteiger partial charge on any atom is -0.495 e. The summed E-state index contributed by atoms with van der Waals surface area (Å²) in [5.74, 6) is 0.273. The largest absolute Gasteiger partial charge is 0.495 e. The number of aromatic amines is 1. The fourth-order valence-corrected chi connectivity index (χ4v) is 2.83. The van der Waals surface area contributed by atoms with Crippen molar-refractivity contribution in [3.05, 3.63) is 57.7 Å². The molecule has 0 saturated heterocycles. The number of ether oxygens (including phenoxy) is 1. The topological polar surface area (TPSA) is 54.1 Å². The smallest absolute Gasteiger partial charge is 0.272 e. The number of rotatable bonds is 3. The Morgan fingerprint density at radius 3 is 2.57 bits per heavy atom. The molecule has 0 fully saturated rings. The first kappa shape index (κ1) is 15.7. The summed E-state index contributed by atoms with van der Waals surface area (Å²) in [5.41, 5.74) is 2.68. The van der Waals surface area contributed by atoms with Crippen LogP contribution in [0.25, 0.3) is 10.9 Å². The Morgan fingerprint density at radius 1 is 1.13 bits per heavy atom. The van der Waals surface area contributed by atoms with E-state index < -0.39 is 0 Å². The molecule has 4 nitrogen and oxygen atoms in total. The summed E-state index contributed by atoms with van der Waals surface area (Å²) in [6.45, 7) is 1.87. The highest BCUT2D eigenvalue weighted by molar-refractivity contribution is 6.31. The maximum absolute atomic E-state index is 12.6. The van der Waals surface area contributed by atoms with Crippen LogP contribution in [-0.4, -0.2) is 18.0 Å². The van der Waals surface area contributed by atoms with Crippen LogP contribution in [0.5, 0.6) is 5.75 Å². The molecule has 0 spiro atoms. The number of benzene rings is 2. The van der Waals surface area contributed by atoms with Crippen molar-refractivity contribution in [1.82, 2.24) is 4.98 Å². The van der Waals surface area contributed by atoms with E-state index in [1.165, 1.54) is 7.11 Å². The Balaban J connectivity index is 1.98. The van der Waals surface area contributed by atoms with Crippen molar-refractivity contribution >= 4 is 45.7 Å². The molecule has 0 aliphatic heterocycles. The van der Waals surface area contributed by atoms with Crippen molar-refractivity contribution in [2.75, 3.05) is 12.4 Å². The van der Waals surface area contributed by atoms with E-state index >= 15 is 0 Å². The Bertz CT molecular complexity index is 903. The summed E-state index contributed by atoms with van der Waals surface area (Å²) in [6, 6.07) is 10.5. The summed E-state index contributed by atoms with van der Waals surface area (Å²) >= 11 is 12.0. The molecule has 6 heteroatoms. The van der Waals surface area contributed by atoms with Crippen LogP contribution in [0.3, 0.4) is 0 Å². The Kier molecular flexibility index (Phi) is 4.20. The van der Waals surface area contributed by atoms with E-state index in [1.807, 2.05) is 19.1 Å². The average molecular weight is 349 g/mol. The minimum atomic E-state index is -0.268. The van der Waals surface area contributed by atoms with Gasteiger partial charge in [0.2, 0.25) is 0 Å². The van der Waals surface area contributed by atoms with E-state index in [2.05, 4.69) is 10.3 Å². The lowest BCUT2D eigenvalue weighted by atomic mass is 10.1. The number of methoxy groups -OCH3 is 1. The molecule has 0 aliphatic rings. The van der Waals surface area contributed by atoms with Crippen LogP contribution in [-0.2, 0) is 0 Å². The number of nitrogens with one attached hydrogen (secondary N) is 2. The van der Waals surface area contributed by atoms with Crippen LogP contribution in [0.2, 0.25) is 10.0 Å². The van der Waals surface area contributed by atoms with E-state index in [-0.39, 0.29) is 5.91 Å². The molecule has 2 N–H and O–H groups in total. The molecule has 0 unspecified atom stereocenters. The van der Waals surface area contributed by atoms with Gasteiger partial charge < -0.3 is 15.0 Å². The highest BCUT2D eigenvalue weighted by Crippen LogP contribution is 2.29. The van der Waals surface area contributed by atoms with Crippen LogP contribution in [0.1, 0.15) is 16.1 Å². The molecule has 2 aromatic carbocycles. The molecule has 3 rings (SSSR count). The van der Waals surface area contributed by atoms with Gasteiger partial charge in [-0.25, -0.2) is 0 Å². The van der Waals surface area contributed by atoms with Gasteiger partial charge in [0.05, 0.1) is 12.8 Å². The van der Waals surface area contributed by atoms with Gasteiger partial charge in [-0.2, -0.15) is 0 Å². The summed E-state index contributed by atoms with van der Waals surface area (Å²) in [7, 11) is 1.54. The van der Waals surface area contributed by atoms with Gasteiger partial charge in [-0.05, 0) is 48.9 Å². The monoisotopic (exact) mass is 348 g/mol. The number of fused-ring (bicyclic) bond motifs is 1. The van der Waals surface area contributed by atoms with Crippen molar-refractivity contribution < 1.29 is 9.53 Å². The first-order valence-electron chi connectivity index (χ1n) is 6.92. The van der Waals surface area contributed by atoms with E-state index in [0.717, 1.165) is 16.5 Å². The van der Waals surface area contributed by atoms with Gasteiger partial charge in [0, 0.05) is 20.9 Å². The number of hydrogen-bond acceptors (Lipinski definition) is 2. The molecule has 0 saturated carbocycles. The van der Waals surface area contributed by atoms with Gasteiger partial charge in [0.1, 0.15) is 11.4 Å². The van der Waals surface area contributed by atoms with Crippen molar-refractivity contribution in [2.24, 2.45) is 0 Å². The van der Waals surface area contributed by atoms with Gasteiger partial charge in [-0.15, -0.1) is 0 Å². The van der Waals surface area contributed by atoms with E-state index in [9.17, 15) is 4.79 Å². The lowest BCUT2D eigenvalue weighted by molar-refractivity contribution is 0.102. The lowest BCUT2D eigenvalue weighted by Crippen LogP contribution is -2.14. The highest BCUT2D eigenvalue weighted by Gasteiger charge is 2.17. The molecule has 3 aromatic rings. The Labute approximate surface area is 143 Å². The standard InChI is InChI=1S/C17H14Cl2N2O2/c1-9-12-7-10(18)3-5-13(12)20-16(9)17(22)21-14-8-11(19)4-6-15(14)23-2/h3-8,20H,1-2H3,(H,21,22). The average Bonchev–Trinajstić information content (AvgIpc) is 2.84. The molecule has 0 atom stereocenters. The first-order chi connectivity index (χ1) is 11.0. The summed E-state index contributed by atoms with van der Waals surface area (Å²) in [4.78, 5) is 15.7. The zero-order chi connectivity index (χ0) is 16.6.